The van der Waals surface area contributed by atoms with Crippen LogP contribution in [0.3, 0.4) is 0 Å². The highest BCUT2D eigenvalue weighted by Gasteiger charge is 2.48. The molecule has 1 aliphatic heterocycles. The Bertz CT molecular complexity index is 1180. The molecule has 158 valence electrons. The van der Waals surface area contributed by atoms with E-state index >= 15 is 0 Å². The first-order chi connectivity index (χ1) is 14.9. The lowest BCUT2D eigenvalue weighted by Crippen LogP contribution is -2.29. The van der Waals surface area contributed by atoms with Crippen LogP contribution >= 0.6 is 15.9 Å². The third-order valence-electron chi connectivity index (χ3n) is 4.91. The van der Waals surface area contributed by atoms with Crippen LogP contribution in [-0.2, 0) is 9.59 Å². The monoisotopic (exact) mass is 482 g/mol. The number of ether oxygens (including phenoxy) is 1. The van der Waals surface area contributed by atoms with E-state index in [1.54, 1.807) is 55.5 Å². The van der Waals surface area contributed by atoms with E-state index < -0.39 is 17.7 Å². The number of halogens is 1. The van der Waals surface area contributed by atoms with Crippen LogP contribution in [0.2, 0.25) is 0 Å². The number of amides is 1. The van der Waals surface area contributed by atoms with Crippen molar-refractivity contribution < 1.29 is 24.0 Å². The summed E-state index contributed by atoms with van der Waals surface area (Å²) in [5.74, 6) is -0.510. The third kappa shape index (κ3) is 3.86. The van der Waals surface area contributed by atoms with Crippen molar-refractivity contribution in [2.75, 3.05) is 11.5 Å². The van der Waals surface area contributed by atoms with Gasteiger partial charge in [-0.2, -0.15) is 0 Å². The molecule has 7 nitrogen and oxygen atoms in total. The van der Waals surface area contributed by atoms with Gasteiger partial charge in [-0.05, 0) is 55.8 Å². The Kier molecular flexibility index (Phi) is 5.65. The molecule has 1 aromatic heterocycles. The van der Waals surface area contributed by atoms with Crippen LogP contribution in [0.5, 0.6) is 5.75 Å². The third-order valence-corrected chi connectivity index (χ3v) is 5.40. The van der Waals surface area contributed by atoms with Gasteiger partial charge in [-0.25, -0.2) is 0 Å². The number of rotatable bonds is 5. The van der Waals surface area contributed by atoms with Crippen LogP contribution in [0.4, 0.5) is 5.82 Å². The summed E-state index contributed by atoms with van der Waals surface area (Å²) in [5.41, 5.74) is 1.02. The van der Waals surface area contributed by atoms with Gasteiger partial charge in [0.1, 0.15) is 17.3 Å². The van der Waals surface area contributed by atoms with E-state index in [1.165, 1.54) is 4.90 Å². The van der Waals surface area contributed by atoms with Gasteiger partial charge >= 0.3 is 5.91 Å². The Morgan fingerprint density at radius 1 is 1.19 bits per heavy atom. The van der Waals surface area contributed by atoms with Gasteiger partial charge in [0, 0.05) is 16.1 Å². The van der Waals surface area contributed by atoms with Crippen molar-refractivity contribution in [2.45, 2.75) is 19.9 Å². The van der Waals surface area contributed by atoms with Gasteiger partial charge in [0.2, 0.25) is 0 Å². The number of carbonyl (C=O) groups excluding carboxylic acids is 2. The molecule has 0 aliphatic carbocycles. The molecule has 0 spiro atoms. The normalized spacial score (nSPS) is 17.9. The summed E-state index contributed by atoms with van der Waals surface area (Å²) in [6, 6.07) is 14.6. The zero-order chi connectivity index (χ0) is 22.1. The van der Waals surface area contributed by atoms with Crippen molar-refractivity contribution in [3.8, 4) is 5.75 Å². The Morgan fingerprint density at radius 3 is 2.55 bits per heavy atom. The molecule has 1 atom stereocenters. The van der Waals surface area contributed by atoms with E-state index in [1.807, 2.05) is 13.0 Å². The number of ketones is 1. The SMILES string of the molecule is CCOc1ccc(C(O)=C2C(=O)C(=O)N(c3cc(C)on3)[C@@H]2c2cccc(Br)c2)cc1. The van der Waals surface area contributed by atoms with E-state index in [0.717, 1.165) is 4.47 Å². The van der Waals surface area contributed by atoms with Gasteiger partial charge in [-0.1, -0.05) is 33.2 Å². The quantitative estimate of drug-likeness (QED) is 0.319. The smallest absolute Gasteiger partial charge is 0.301 e. The largest absolute Gasteiger partial charge is 0.507 e. The molecule has 0 saturated carbocycles. The number of anilines is 1. The first-order valence-corrected chi connectivity index (χ1v) is 10.4. The second-order valence-corrected chi connectivity index (χ2v) is 7.89. The van der Waals surface area contributed by atoms with Crippen LogP contribution in [0.1, 0.15) is 29.9 Å². The highest BCUT2D eigenvalue weighted by molar-refractivity contribution is 9.10. The van der Waals surface area contributed by atoms with Crippen molar-refractivity contribution in [1.82, 2.24) is 5.16 Å². The molecule has 31 heavy (non-hydrogen) atoms. The standard InChI is InChI=1S/C23H19BrN2O5/c1-3-30-17-9-7-14(8-10-17)21(27)19-20(15-5-4-6-16(24)12-15)26(23(29)22(19)28)18-11-13(2)31-25-18/h4-12,20,27H,3H2,1-2H3/t20-/m1/s1. The zero-order valence-corrected chi connectivity index (χ0v) is 18.4. The number of Topliss-reactive ketones (excluding diaryl/α,β-unsaturated/α-hetero) is 1. The maximum Gasteiger partial charge on any atom is 0.301 e. The summed E-state index contributed by atoms with van der Waals surface area (Å²) in [5, 5.41) is 15.0. The lowest BCUT2D eigenvalue weighted by molar-refractivity contribution is -0.132. The van der Waals surface area contributed by atoms with Gasteiger partial charge in [0.25, 0.3) is 5.78 Å². The van der Waals surface area contributed by atoms with Gasteiger partial charge in [-0.3, -0.25) is 14.5 Å². The average Bonchev–Trinajstić information content (AvgIpc) is 3.29. The highest BCUT2D eigenvalue weighted by Crippen LogP contribution is 2.42. The molecule has 1 N–H and O–H groups in total. The second-order valence-electron chi connectivity index (χ2n) is 6.98. The van der Waals surface area contributed by atoms with Gasteiger partial charge in [0.05, 0.1) is 18.2 Å². The second kappa shape index (κ2) is 8.39. The Morgan fingerprint density at radius 2 is 1.94 bits per heavy atom. The minimum absolute atomic E-state index is 0.0205. The molecule has 1 saturated heterocycles. The molecule has 0 bridgehead atoms. The molecule has 2 aromatic carbocycles. The maximum atomic E-state index is 13.0. The van der Waals surface area contributed by atoms with Crippen molar-refractivity contribution in [2.24, 2.45) is 0 Å². The molecule has 3 aromatic rings. The van der Waals surface area contributed by atoms with Crippen LogP contribution < -0.4 is 9.64 Å². The van der Waals surface area contributed by atoms with E-state index in [9.17, 15) is 14.7 Å². The minimum atomic E-state index is -0.867. The molecule has 0 radical (unpaired) electrons. The summed E-state index contributed by atoms with van der Waals surface area (Å²) in [6.45, 7) is 4.08. The fraction of sp³-hybridized carbons (Fsp3) is 0.174. The molecular weight excluding hydrogens is 464 g/mol. The Balaban J connectivity index is 1.89. The van der Waals surface area contributed by atoms with Crippen molar-refractivity contribution >= 4 is 39.2 Å². The number of benzene rings is 2. The van der Waals surface area contributed by atoms with Crippen LogP contribution in [0.25, 0.3) is 5.76 Å². The highest BCUT2D eigenvalue weighted by atomic mass is 79.9. The van der Waals surface area contributed by atoms with Crippen molar-refractivity contribution in [1.29, 1.82) is 0 Å². The predicted octanol–water partition coefficient (Wildman–Crippen LogP) is 4.77. The summed E-state index contributed by atoms with van der Waals surface area (Å²) in [6.07, 6.45) is 0. The minimum Gasteiger partial charge on any atom is -0.507 e. The van der Waals surface area contributed by atoms with Crippen LogP contribution in [0.15, 0.2) is 69.2 Å². The molecule has 0 unspecified atom stereocenters. The molecular formula is C23H19BrN2O5. The predicted molar refractivity (Wildman–Crippen MR) is 118 cm³/mol. The number of aliphatic hydroxyl groups is 1. The van der Waals surface area contributed by atoms with Crippen LogP contribution in [-0.4, -0.2) is 28.6 Å². The molecule has 1 fully saturated rings. The number of hydrogen-bond acceptors (Lipinski definition) is 6. The summed E-state index contributed by atoms with van der Waals surface area (Å²) >= 11 is 3.43. The van der Waals surface area contributed by atoms with Gasteiger partial charge < -0.3 is 14.4 Å². The number of aliphatic hydroxyl groups excluding tert-OH is 1. The van der Waals surface area contributed by atoms with Crippen molar-refractivity contribution in [3.05, 3.63) is 81.5 Å². The summed E-state index contributed by atoms with van der Waals surface area (Å²) < 4.78 is 11.3. The summed E-state index contributed by atoms with van der Waals surface area (Å²) in [4.78, 5) is 27.3. The van der Waals surface area contributed by atoms with Crippen molar-refractivity contribution in [3.63, 3.8) is 0 Å². The number of hydrogen-bond donors (Lipinski definition) is 1. The number of aromatic nitrogens is 1. The fourth-order valence-corrected chi connectivity index (χ4v) is 3.98. The number of nitrogens with zero attached hydrogens (tertiary/aromatic N) is 2. The number of carbonyl (C=O) groups is 2. The molecule has 1 aliphatic rings. The van der Waals surface area contributed by atoms with Gasteiger partial charge in [-0.15, -0.1) is 0 Å². The molecule has 4 rings (SSSR count). The Labute approximate surface area is 187 Å². The van der Waals surface area contributed by atoms with E-state index in [4.69, 9.17) is 9.26 Å². The van der Waals surface area contributed by atoms with E-state index in [2.05, 4.69) is 21.1 Å². The first-order valence-electron chi connectivity index (χ1n) is 9.63. The van der Waals surface area contributed by atoms with E-state index in [-0.39, 0.29) is 17.2 Å². The summed E-state index contributed by atoms with van der Waals surface area (Å²) in [7, 11) is 0. The number of aryl methyl sites for hydroxylation is 1. The molecule has 1 amide bonds. The van der Waals surface area contributed by atoms with E-state index in [0.29, 0.717) is 29.2 Å². The average molecular weight is 483 g/mol. The molecule has 8 heteroatoms. The molecule has 2 heterocycles. The lowest BCUT2D eigenvalue weighted by atomic mass is 9.95. The van der Waals surface area contributed by atoms with Gasteiger partial charge in [0.15, 0.2) is 5.82 Å². The van der Waals surface area contributed by atoms with Crippen LogP contribution in [0, 0.1) is 6.92 Å². The first kappa shape index (κ1) is 20.9. The Hall–Kier alpha value is -3.39. The zero-order valence-electron chi connectivity index (χ0n) is 16.8. The maximum absolute atomic E-state index is 13.0. The fourth-order valence-electron chi connectivity index (χ4n) is 3.56. The lowest BCUT2D eigenvalue weighted by Gasteiger charge is -2.23. The topological polar surface area (TPSA) is 92.9 Å².